The Morgan fingerprint density at radius 1 is 1.30 bits per heavy atom. The number of nitrogens with one attached hydrogen (secondary N) is 2. The van der Waals surface area contributed by atoms with Crippen molar-refractivity contribution >= 4 is 5.91 Å². The van der Waals surface area contributed by atoms with Gasteiger partial charge in [0.25, 0.3) is 0 Å². The van der Waals surface area contributed by atoms with Crippen LogP contribution in [-0.2, 0) is 16.0 Å². The molecule has 1 amide bonds. The zero-order chi connectivity index (χ0) is 14.3. The highest BCUT2D eigenvalue weighted by atomic mass is 16.5. The van der Waals surface area contributed by atoms with E-state index in [4.69, 9.17) is 4.74 Å². The molecule has 4 nitrogen and oxygen atoms in total. The first-order valence-corrected chi connectivity index (χ1v) is 7.29. The standard InChI is InChI=1S/C16H24N2O2/c1-20-13-16(8-11-17-12-9-16)15(19)18-10-7-14-5-3-2-4-6-14/h2-6,17H,7-13H2,1H3,(H,18,19). The van der Waals surface area contributed by atoms with Gasteiger partial charge in [-0.1, -0.05) is 30.3 Å². The van der Waals surface area contributed by atoms with Crippen molar-refractivity contribution in [2.24, 2.45) is 5.41 Å². The number of ether oxygens (including phenoxy) is 1. The number of methoxy groups -OCH3 is 1. The highest BCUT2D eigenvalue weighted by Crippen LogP contribution is 2.29. The van der Waals surface area contributed by atoms with Crippen LogP contribution in [0.5, 0.6) is 0 Å². The van der Waals surface area contributed by atoms with E-state index in [1.807, 2.05) is 18.2 Å². The van der Waals surface area contributed by atoms with Gasteiger partial charge in [0, 0.05) is 13.7 Å². The molecule has 1 aromatic rings. The van der Waals surface area contributed by atoms with Gasteiger partial charge in [-0.3, -0.25) is 4.79 Å². The van der Waals surface area contributed by atoms with Crippen molar-refractivity contribution in [3.63, 3.8) is 0 Å². The summed E-state index contributed by atoms with van der Waals surface area (Å²) < 4.78 is 5.28. The molecule has 0 unspecified atom stereocenters. The first-order chi connectivity index (χ1) is 9.77. The van der Waals surface area contributed by atoms with Crippen LogP contribution in [0.3, 0.4) is 0 Å². The number of piperidine rings is 1. The molecule has 1 heterocycles. The SMILES string of the molecule is COCC1(C(=O)NCCc2ccccc2)CCNCC1. The zero-order valence-corrected chi connectivity index (χ0v) is 12.2. The Bertz CT molecular complexity index is 408. The minimum Gasteiger partial charge on any atom is -0.384 e. The Morgan fingerprint density at radius 2 is 2.00 bits per heavy atom. The molecule has 0 saturated carbocycles. The topological polar surface area (TPSA) is 50.4 Å². The Kier molecular flexibility index (Phi) is 5.56. The van der Waals surface area contributed by atoms with Gasteiger partial charge in [-0.15, -0.1) is 0 Å². The molecule has 1 aliphatic rings. The smallest absolute Gasteiger partial charge is 0.228 e. The van der Waals surface area contributed by atoms with E-state index in [2.05, 4.69) is 22.8 Å². The third kappa shape index (κ3) is 3.81. The van der Waals surface area contributed by atoms with Crippen LogP contribution in [0.15, 0.2) is 30.3 Å². The van der Waals surface area contributed by atoms with Crippen LogP contribution in [-0.4, -0.2) is 39.3 Å². The lowest BCUT2D eigenvalue weighted by atomic mass is 9.78. The van der Waals surface area contributed by atoms with E-state index in [-0.39, 0.29) is 11.3 Å². The van der Waals surface area contributed by atoms with Crippen molar-refractivity contribution in [2.75, 3.05) is 33.4 Å². The predicted octanol–water partition coefficient (Wildman–Crippen LogP) is 1.36. The average molecular weight is 276 g/mol. The number of carbonyl (C=O) groups excluding carboxylic acids is 1. The number of hydrogen-bond donors (Lipinski definition) is 2. The van der Waals surface area contributed by atoms with E-state index >= 15 is 0 Å². The molecule has 0 aliphatic carbocycles. The Balaban J connectivity index is 1.85. The highest BCUT2D eigenvalue weighted by Gasteiger charge is 2.39. The summed E-state index contributed by atoms with van der Waals surface area (Å²) in [5.74, 6) is 0.136. The zero-order valence-electron chi connectivity index (χ0n) is 12.2. The van der Waals surface area contributed by atoms with Gasteiger partial charge in [0.2, 0.25) is 5.91 Å². The molecule has 0 radical (unpaired) electrons. The molecule has 0 atom stereocenters. The largest absolute Gasteiger partial charge is 0.384 e. The highest BCUT2D eigenvalue weighted by molar-refractivity contribution is 5.83. The molecule has 1 aromatic carbocycles. The van der Waals surface area contributed by atoms with Gasteiger partial charge >= 0.3 is 0 Å². The fourth-order valence-corrected chi connectivity index (χ4v) is 2.77. The minimum absolute atomic E-state index is 0.136. The quantitative estimate of drug-likeness (QED) is 0.825. The van der Waals surface area contributed by atoms with E-state index in [1.54, 1.807) is 7.11 Å². The first-order valence-electron chi connectivity index (χ1n) is 7.29. The van der Waals surface area contributed by atoms with Gasteiger partial charge in [0.15, 0.2) is 0 Å². The number of benzene rings is 1. The normalized spacial score (nSPS) is 17.6. The van der Waals surface area contributed by atoms with Crippen molar-refractivity contribution in [1.29, 1.82) is 0 Å². The molecule has 0 spiro atoms. The lowest BCUT2D eigenvalue weighted by Crippen LogP contribution is -2.50. The maximum absolute atomic E-state index is 12.5. The maximum atomic E-state index is 12.5. The van der Waals surface area contributed by atoms with Gasteiger partial charge in [0.05, 0.1) is 12.0 Å². The van der Waals surface area contributed by atoms with Crippen molar-refractivity contribution in [3.05, 3.63) is 35.9 Å². The van der Waals surface area contributed by atoms with E-state index in [1.165, 1.54) is 5.56 Å². The third-order valence-electron chi connectivity index (χ3n) is 4.01. The Morgan fingerprint density at radius 3 is 2.65 bits per heavy atom. The second-order valence-corrected chi connectivity index (χ2v) is 5.45. The van der Waals surface area contributed by atoms with E-state index in [0.717, 1.165) is 32.4 Å². The van der Waals surface area contributed by atoms with Gasteiger partial charge < -0.3 is 15.4 Å². The van der Waals surface area contributed by atoms with Crippen LogP contribution in [0, 0.1) is 5.41 Å². The number of amides is 1. The second kappa shape index (κ2) is 7.41. The number of rotatable bonds is 6. The molecule has 20 heavy (non-hydrogen) atoms. The Hall–Kier alpha value is -1.39. The van der Waals surface area contributed by atoms with E-state index in [0.29, 0.717) is 13.2 Å². The molecule has 4 heteroatoms. The van der Waals surface area contributed by atoms with Crippen LogP contribution in [0.4, 0.5) is 0 Å². The summed E-state index contributed by atoms with van der Waals surface area (Å²) in [5, 5.41) is 6.38. The summed E-state index contributed by atoms with van der Waals surface area (Å²) in [6, 6.07) is 10.2. The summed E-state index contributed by atoms with van der Waals surface area (Å²) in [6.07, 6.45) is 2.56. The summed E-state index contributed by atoms with van der Waals surface area (Å²) in [4.78, 5) is 12.5. The fraction of sp³-hybridized carbons (Fsp3) is 0.562. The van der Waals surface area contributed by atoms with Crippen molar-refractivity contribution in [3.8, 4) is 0 Å². The molecular weight excluding hydrogens is 252 g/mol. The fourth-order valence-electron chi connectivity index (χ4n) is 2.77. The van der Waals surface area contributed by atoms with Crippen molar-refractivity contribution in [1.82, 2.24) is 10.6 Å². The number of hydrogen-bond acceptors (Lipinski definition) is 3. The predicted molar refractivity (Wildman–Crippen MR) is 79.6 cm³/mol. The van der Waals surface area contributed by atoms with Gasteiger partial charge in [0.1, 0.15) is 0 Å². The van der Waals surface area contributed by atoms with Gasteiger partial charge in [-0.2, -0.15) is 0 Å². The lowest BCUT2D eigenvalue weighted by molar-refractivity contribution is -0.136. The van der Waals surface area contributed by atoms with Crippen LogP contribution in [0.2, 0.25) is 0 Å². The monoisotopic (exact) mass is 276 g/mol. The van der Waals surface area contributed by atoms with Crippen LogP contribution < -0.4 is 10.6 Å². The van der Waals surface area contributed by atoms with Crippen molar-refractivity contribution < 1.29 is 9.53 Å². The summed E-state index contributed by atoms with van der Waals surface area (Å²) in [7, 11) is 1.67. The minimum atomic E-state index is -0.351. The van der Waals surface area contributed by atoms with E-state index < -0.39 is 0 Å². The molecule has 0 aromatic heterocycles. The van der Waals surface area contributed by atoms with Crippen LogP contribution in [0.1, 0.15) is 18.4 Å². The van der Waals surface area contributed by atoms with Crippen molar-refractivity contribution in [2.45, 2.75) is 19.3 Å². The molecular formula is C16H24N2O2. The molecule has 0 bridgehead atoms. The molecule has 1 fully saturated rings. The van der Waals surface area contributed by atoms with Crippen LogP contribution in [0.25, 0.3) is 0 Å². The second-order valence-electron chi connectivity index (χ2n) is 5.45. The van der Waals surface area contributed by atoms with Gasteiger partial charge in [-0.25, -0.2) is 0 Å². The first kappa shape index (κ1) is 15.0. The van der Waals surface area contributed by atoms with Gasteiger partial charge in [-0.05, 0) is 37.9 Å². The molecule has 2 N–H and O–H groups in total. The molecule has 1 saturated heterocycles. The third-order valence-corrected chi connectivity index (χ3v) is 4.01. The number of carbonyl (C=O) groups is 1. The molecule has 1 aliphatic heterocycles. The summed E-state index contributed by atoms with van der Waals surface area (Å²) in [5.41, 5.74) is 0.898. The average Bonchev–Trinajstić information content (AvgIpc) is 2.49. The maximum Gasteiger partial charge on any atom is 0.228 e. The molecule has 2 rings (SSSR count). The lowest BCUT2D eigenvalue weighted by Gasteiger charge is -2.35. The Labute approximate surface area is 120 Å². The summed E-state index contributed by atoms with van der Waals surface area (Å²) >= 11 is 0. The van der Waals surface area contributed by atoms with Crippen LogP contribution >= 0.6 is 0 Å². The molecule has 110 valence electrons. The summed E-state index contributed by atoms with van der Waals surface area (Å²) in [6.45, 7) is 2.96. The van der Waals surface area contributed by atoms with E-state index in [9.17, 15) is 4.79 Å².